The molecule has 6 heteroatoms. The van der Waals surface area contributed by atoms with E-state index in [4.69, 9.17) is 0 Å². The predicted molar refractivity (Wildman–Crippen MR) is 92.8 cm³/mol. The van der Waals surface area contributed by atoms with Crippen LogP contribution in [0.25, 0.3) is 0 Å². The third-order valence-corrected chi connectivity index (χ3v) is 3.84. The number of aryl methyl sites for hydroxylation is 2. The largest absolute Gasteiger partial charge is 0.307 e. The van der Waals surface area contributed by atoms with Gasteiger partial charge in [-0.3, -0.25) is 14.2 Å². The summed E-state index contributed by atoms with van der Waals surface area (Å²) in [5.74, 6) is 0.405. The second-order valence-electron chi connectivity index (χ2n) is 5.99. The molecule has 0 fully saturated rings. The van der Waals surface area contributed by atoms with Crippen LogP contribution in [0.4, 0.5) is 5.82 Å². The third-order valence-electron chi connectivity index (χ3n) is 3.84. The molecule has 3 aromatic rings. The minimum Gasteiger partial charge on any atom is -0.307 e. The van der Waals surface area contributed by atoms with E-state index < -0.39 is 0 Å². The van der Waals surface area contributed by atoms with Crippen LogP contribution >= 0.6 is 0 Å². The van der Waals surface area contributed by atoms with Crippen LogP contribution in [0.5, 0.6) is 0 Å². The summed E-state index contributed by atoms with van der Waals surface area (Å²) in [5, 5.41) is 11.5. The van der Waals surface area contributed by atoms with Crippen LogP contribution in [0.1, 0.15) is 29.8 Å². The van der Waals surface area contributed by atoms with E-state index in [0.717, 1.165) is 5.69 Å². The lowest BCUT2D eigenvalue weighted by molar-refractivity contribution is -0.119. The molecular weight excluding hydrogens is 302 g/mol. The number of carbonyl (C=O) groups is 1. The average molecular weight is 323 g/mol. The molecule has 6 nitrogen and oxygen atoms in total. The smallest absolute Gasteiger partial charge is 0.250 e. The van der Waals surface area contributed by atoms with Crippen molar-refractivity contribution in [2.75, 3.05) is 5.32 Å². The summed E-state index contributed by atoms with van der Waals surface area (Å²) >= 11 is 0. The van der Waals surface area contributed by atoms with E-state index in [2.05, 4.69) is 40.6 Å². The fraction of sp³-hybridized carbons (Fsp3) is 0.278. The van der Waals surface area contributed by atoms with Crippen LogP contribution < -0.4 is 5.32 Å². The van der Waals surface area contributed by atoms with Gasteiger partial charge < -0.3 is 5.32 Å². The normalized spacial score (nSPS) is 12.1. The Morgan fingerprint density at radius 1 is 1.17 bits per heavy atom. The zero-order valence-electron chi connectivity index (χ0n) is 14.1. The number of nitrogens with one attached hydrogen (secondary N) is 1. The first-order valence-electron chi connectivity index (χ1n) is 7.93. The second kappa shape index (κ2) is 6.70. The maximum Gasteiger partial charge on any atom is 0.250 e. The molecular formula is C18H21N5O. The van der Waals surface area contributed by atoms with Gasteiger partial charge in [-0.1, -0.05) is 29.8 Å². The van der Waals surface area contributed by atoms with Gasteiger partial charge in [-0.15, -0.1) is 0 Å². The average Bonchev–Trinajstić information content (AvgIpc) is 3.16. The van der Waals surface area contributed by atoms with Gasteiger partial charge in [0.25, 0.3) is 0 Å². The Balaban J connectivity index is 1.64. The van der Waals surface area contributed by atoms with Crippen molar-refractivity contribution in [2.45, 2.75) is 33.4 Å². The van der Waals surface area contributed by atoms with Gasteiger partial charge in [0.05, 0.1) is 12.2 Å². The molecule has 0 bridgehead atoms. The summed E-state index contributed by atoms with van der Waals surface area (Å²) in [6.45, 7) is 6.45. The van der Waals surface area contributed by atoms with E-state index >= 15 is 0 Å². The Morgan fingerprint density at radius 2 is 2.00 bits per heavy atom. The van der Waals surface area contributed by atoms with Crippen molar-refractivity contribution in [1.29, 1.82) is 0 Å². The molecule has 2 aromatic heterocycles. The van der Waals surface area contributed by atoms with Gasteiger partial charge in [0, 0.05) is 18.5 Å². The van der Waals surface area contributed by atoms with Gasteiger partial charge >= 0.3 is 0 Å². The Hall–Kier alpha value is -2.89. The van der Waals surface area contributed by atoms with E-state index in [0.29, 0.717) is 12.4 Å². The summed E-state index contributed by atoms with van der Waals surface area (Å²) in [6.07, 6.45) is 3.66. The fourth-order valence-corrected chi connectivity index (χ4v) is 2.51. The third kappa shape index (κ3) is 3.71. The lowest BCUT2D eigenvalue weighted by Crippen LogP contribution is -2.24. The summed E-state index contributed by atoms with van der Waals surface area (Å²) < 4.78 is 3.46. The van der Waals surface area contributed by atoms with Crippen molar-refractivity contribution in [3.63, 3.8) is 0 Å². The highest BCUT2D eigenvalue weighted by atomic mass is 16.2. The molecule has 2 heterocycles. The van der Waals surface area contributed by atoms with Crippen LogP contribution in [-0.2, 0) is 11.3 Å². The van der Waals surface area contributed by atoms with E-state index in [1.807, 2.05) is 36.9 Å². The van der Waals surface area contributed by atoms with Crippen molar-refractivity contribution < 1.29 is 4.79 Å². The molecule has 124 valence electrons. The molecule has 0 radical (unpaired) electrons. The van der Waals surface area contributed by atoms with E-state index in [-0.39, 0.29) is 11.9 Å². The van der Waals surface area contributed by atoms with E-state index in [1.54, 1.807) is 16.9 Å². The highest BCUT2D eigenvalue weighted by Crippen LogP contribution is 2.11. The van der Waals surface area contributed by atoms with Crippen molar-refractivity contribution in [1.82, 2.24) is 19.6 Å². The molecule has 0 aliphatic rings. The molecule has 1 aromatic carbocycles. The topological polar surface area (TPSA) is 64.7 Å². The van der Waals surface area contributed by atoms with Crippen LogP contribution in [-0.4, -0.2) is 25.5 Å². The first-order chi connectivity index (χ1) is 11.5. The highest BCUT2D eigenvalue weighted by molar-refractivity contribution is 5.92. The number of hydrogen-bond acceptors (Lipinski definition) is 3. The number of aromatic nitrogens is 4. The van der Waals surface area contributed by atoms with Gasteiger partial charge in [0.15, 0.2) is 5.82 Å². The van der Waals surface area contributed by atoms with Gasteiger partial charge in [-0.2, -0.15) is 10.2 Å². The lowest BCUT2D eigenvalue weighted by Gasteiger charge is -2.11. The lowest BCUT2D eigenvalue weighted by atomic mass is 10.1. The maximum atomic E-state index is 12.3. The zero-order chi connectivity index (χ0) is 17.1. The number of anilines is 1. The molecule has 1 amide bonds. The van der Waals surface area contributed by atoms with Crippen LogP contribution in [0.3, 0.4) is 0 Å². The monoisotopic (exact) mass is 323 g/mol. The van der Waals surface area contributed by atoms with Crippen molar-refractivity contribution in [3.05, 3.63) is 65.6 Å². The standard InChI is InChI=1S/C18H21N5O/c1-13-5-4-6-16(11-13)12-22-9-8-17(21-22)19-18(24)15(3)23-10-7-14(2)20-23/h4-11,15H,12H2,1-3H3,(H,19,21,24). The van der Waals surface area contributed by atoms with Crippen LogP contribution in [0, 0.1) is 13.8 Å². The van der Waals surface area contributed by atoms with Gasteiger partial charge in [0.1, 0.15) is 6.04 Å². The maximum absolute atomic E-state index is 12.3. The number of rotatable bonds is 5. The van der Waals surface area contributed by atoms with Crippen molar-refractivity contribution >= 4 is 11.7 Å². The van der Waals surface area contributed by atoms with Gasteiger partial charge in [-0.05, 0) is 32.4 Å². The summed E-state index contributed by atoms with van der Waals surface area (Å²) in [4.78, 5) is 12.3. The molecule has 0 saturated heterocycles. The Labute approximate surface area is 141 Å². The Morgan fingerprint density at radius 3 is 2.71 bits per heavy atom. The van der Waals surface area contributed by atoms with Crippen molar-refractivity contribution in [2.24, 2.45) is 0 Å². The molecule has 24 heavy (non-hydrogen) atoms. The molecule has 1 unspecified atom stereocenters. The molecule has 0 saturated carbocycles. The first-order valence-corrected chi connectivity index (χ1v) is 7.93. The predicted octanol–water partition coefficient (Wildman–Crippen LogP) is 2.94. The molecule has 1 atom stereocenters. The number of benzene rings is 1. The first kappa shape index (κ1) is 16.0. The van der Waals surface area contributed by atoms with Crippen LogP contribution in [0.2, 0.25) is 0 Å². The highest BCUT2D eigenvalue weighted by Gasteiger charge is 2.16. The van der Waals surface area contributed by atoms with Crippen LogP contribution in [0.15, 0.2) is 48.8 Å². The molecule has 3 rings (SSSR count). The molecule has 0 spiro atoms. The minimum atomic E-state index is -0.388. The molecule has 0 aliphatic heterocycles. The summed E-state index contributed by atoms with van der Waals surface area (Å²) in [6, 6.07) is 11.6. The molecule has 1 N–H and O–H groups in total. The Bertz CT molecular complexity index is 848. The molecule has 0 aliphatic carbocycles. The number of amides is 1. The Kier molecular flexibility index (Phi) is 4.46. The quantitative estimate of drug-likeness (QED) is 0.785. The van der Waals surface area contributed by atoms with Gasteiger partial charge in [-0.25, -0.2) is 0 Å². The fourth-order valence-electron chi connectivity index (χ4n) is 2.51. The van der Waals surface area contributed by atoms with Crippen molar-refractivity contribution in [3.8, 4) is 0 Å². The number of nitrogens with zero attached hydrogens (tertiary/aromatic N) is 4. The summed E-state index contributed by atoms with van der Waals surface area (Å²) in [7, 11) is 0. The van der Waals surface area contributed by atoms with Gasteiger partial charge in [0.2, 0.25) is 5.91 Å². The zero-order valence-corrected chi connectivity index (χ0v) is 14.1. The second-order valence-corrected chi connectivity index (χ2v) is 5.99. The van der Waals surface area contributed by atoms with E-state index in [9.17, 15) is 4.79 Å². The number of hydrogen-bond donors (Lipinski definition) is 1. The SMILES string of the molecule is Cc1cccc(Cn2ccc(NC(=O)C(C)n3ccc(C)n3)n2)c1. The minimum absolute atomic E-state index is 0.140. The number of carbonyl (C=O) groups excluding carboxylic acids is 1. The summed E-state index contributed by atoms with van der Waals surface area (Å²) in [5.41, 5.74) is 3.28. The van der Waals surface area contributed by atoms with E-state index in [1.165, 1.54) is 11.1 Å².